The van der Waals surface area contributed by atoms with Crippen LogP contribution in [0.2, 0.25) is 0 Å². The lowest BCUT2D eigenvalue weighted by Crippen LogP contribution is -2.14. The van der Waals surface area contributed by atoms with Crippen LogP contribution in [-0.4, -0.2) is 10.7 Å². The Kier molecular flexibility index (Phi) is 5.38. The van der Waals surface area contributed by atoms with Crippen LogP contribution in [0.4, 0.5) is 5.69 Å². The molecule has 4 rings (SSSR count). The van der Waals surface area contributed by atoms with E-state index in [-0.39, 0.29) is 0 Å². The van der Waals surface area contributed by atoms with E-state index >= 15 is 0 Å². The van der Waals surface area contributed by atoms with Crippen LogP contribution in [0.1, 0.15) is 54.6 Å². The monoisotopic (exact) mass is 368 g/mol. The maximum atomic E-state index is 5.23. The van der Waals surface area contributed by atoms with Gasteiger partial charge in [-0.1, -0.05) is 67.9 Å². The highest BCUT2D eigenvalue weighted by Crippen LogP contribution is 2.31. The number of aromatic nitrogens is 1. The molecular weight excluding hydrogens is 340 g/mol. The summed E-state index contributed by atoms with van der Waals surface area (Å²) in [4.78, 5) is 10.3. The number of rotatable bonds is 4. The zero-order chi connectivity index (χ0) is 19.5. The van der Waals surface area contributed by atoms with Gasteiger partial charge in [0.2, 0.25) is 0 Å². The molecular formula is C26H28N2. The lowest BCUT2D eigenvalue weighted by Gasteiger charge is -2.19. The highest BCUT2D eigenvalue weighted by atomic mass is 14.8. The van der Waals surface area contributed by atoms with Gasteiger partial charge in [-0.3, -0.25) is 4.99 Å². The molecule has 3 aromatic rings. The van der Waals surface area contributed by atoms with Gasteiger partial charge in [0.05, 0.1) is 22.8 Å². The van der Waals surface area contributed by atoms with Crippen LogP contribution in [0, 0.1) is 6.92 Å². The van der Waals surface area contributed by atoms with Crippen molar-refractivity contribution in [1.29, 1.82) is 0 Å². The molecule has 0 unspecified atom stereocenters. The number of benzene rings is 2. The largest absolute Gasteiger partial charge is 0.251 e. The second-order valence-electron chi connectivity index (χ2n) is 7.62. The van der Waals surface area contributed by atoms with Gasteiger partial charge < -0.3 is 0 Å². The summed E-state index contributed by atoms with van der Waals surface area (Å²) in [6.45, 7) is 6.62. The van der Waals surface area contributed by atoms with Gasteiger partial charge in [-0.25, -0.2) is 4.98 Å². The summed E-state index contributed by atoms with van der Waals surface area (Å²) in [5, 5.41) is 0. The SMILES string of the molecule is CCc1cc(C)cc(CC)c1N=C1CCCc2ccc(-c3ccccc3)nc21. The van der Waals surface area contributed by atoms with Gasteiger partial charge in [-0.2, -0.15) is 0 Å². The highest BCUT2D eigenvalue weighted by molar-refractivity contribution is 6.03. The summed E-state index contributed by atoms with van der Waals surface area (Å²) in [5.41, 5.74) is 10.9. The summed E-state index contributed by atoms with van der Waals surface area (Å²) in [6.07, 6.45) is 5.24. The lowest BCUT2D eigenvalue weighted by molar-refractivity contribution is 0.827. The van der Waals surface area contributed by atoms with Gasteiger partial charge in [0.25, 0.3) is 0 Å². The minimum Gasteiger partial charge on any atom is -0.251 e. The molecule has 0 amide bonds. The van der Waals surface area contributed by atoms with E-state index < -0.39 is 0 Å². The molecule has 0 N–H and O–H groups in total. The normalized spacial score (nSPS) is 14.9. The van der Waals surface area contributed by atoms with Crippen LogP contribution < -0.4 is 0 Å². The minimum atomic E-state index is 0.998. The standard InChI is InChI=1S/C26H28N2/c1-4-19-16-18(3)17-20(5-2)25(19)28-24-13-9-12-22-14-15-23(27-26(22)24)21-10-7-6-8-11-21/h6-8,10-11,14-17H,4-5,9,12-13H2,1-3H3. The summed E-state index contributed by atoms with van der Waals surface area (Å²) in [5.74, 6) is 0. The van der Waals surface area contributed by atoms with Crippen LogP contribution in [0.5, 0.6) is 0 Å². The van der Waals surface area contributed by atoms with Crippen molar-refractivity contribution in [2.75, 3.05) is 0 Å². The van der Waals surface area contributed by atoms with Crippen LogP contribution in [0.25, 0.3) is 11.3 Å². The van der Waals surface area contributed by atoms with Gasteiger partial charge in [0.15, 0.2) is 0 Å². The fraction of sp³-hybridized carbons (Fsp3) is 0.308. The number of nitrogens with zero attached hydrogens (tertiary/aromatic N) is 2. The zero-order valence-electron chi connectivity index (χ0n) is 17.1. The van der Waals surface area contributed by atoms with Gasteiger partial charge in [0, 0.05) is 5.56 Å². The molecule has 0 aliphatic heterocycles. The van der Waals surface area contributed by atoms with E-state index in [9.17, 15) is 0 Å². The smallest absolute Gasteiger partial charge is 0.0884 e. The molecule has 0 fully saturated rings. The van der Waals surface area contributed by atoms with Crippen LogP contribution in [0.15, 0.2) is 59.6 Å². The Morgan fingerprint density at radius 3 is 2.29 bits per heavy atom. The van der Waals surface area contributed by atoms with Crippen molar-refractivity contribution in [3.8, 4) is 11.3 Å². The van der Waals surface area contributed by atoms with E-state index in [4.69, 9.17) is 9.98 Å². The van der Waals surface area contributed by atoms with Crippen molar-refractivity contribution in [3.63, 3.8) is 0 Å². The topological polar surface area (TPSA) is 25.2 Å². The van der Waals surface area contributed by atoms with Gasteiger partial charge >= 0.3 is 0 Å². The van der Waals surface area contributed by atoms with Crippen molar-refractivity contribution < 1.29 is 0 Å². The van der Waals surface area contributed by atoms with Gasteiger partial charge in [-0.05, 0) is 61.8 Å². The fourth-order valence-electron chi connectivity index (χ4n) is 4.13. The molecule has 1 heterocycles. The Balaban J connectivity index is 1.84. The number of hydrogen-bond donors (Lipinski definition) is 0. The highest BCUT2D eigenvalue weighted by Gasteiger charge is 2.19. The van der Waals surface area contributed by atoms with Crippen LogP contribution in [-0.2, 0) is 19.3 Å². The summed E-state index contributed by atoms with van der Waals surface area (Å²) in [6, 6.07) is 19.4. The van der Waals surface area contributed by atoms with Crippen molar-refractivity contribution in [2.45, 2.75) is 52.9 Å². The van der Waals surface area contributed by atoms with Gasteiger partial charge in [-0.15, -0.1) is 0 Å². The third-order valence-corrected chi connectivity index (χ3v) is 5.60. The van der Waals surface area contributed by atoms with Crippen molar-refractivity contribution >= 4 is 11.4 Å². The minimum absolute atomic E-state index is 0.998. The molecule has 1 aliphatic rings. The third kappa shape index (κ3) is 3.64. The van der Waals surface area contributed by atoms with E-state index in [1.54, 1.807) is 0 Å². The molecule has 0 bridgehead atoms. The first kappa shape index (κ1) is 18.6. The van der Waals surface area contributed by atoms with E-state index in [1.165, 1.54) is 27.9 Å². The third-order valence-electron chi connectivity index (χ3n) is 5.60. The molecule has 1 aromatic heterocycles. The summed E-state index contributed by atoms with van der Waals surface area (Å²) >= 11 is 0. The second kappa shape index (κ2) is 8.10. The van der Waals surface area contributed by atoms with E-state index in [2.05, 4.69) is 69.3 Å². The van der Waals surface area contributed by atoms with Crippen molar-refractivity contribution in [2.24, 2.45) is 4.99 Å². The quantitative estimate of drug-likeness (QED) is 0.507. The molecule has 2 aromatic carbocycles. The molecule has 28 heavy (non-hydrogen) atoms. The van der Waals surface area contributed by atoms with Crippen molar-refractivity contribution in [1.82, 2.24) is 4.98 Å². The number of fused-ring (bicyclic) bond motifs is 1. The molecule has 0 spiro atoms. The number of aryl methyl sites for hydroxylation is 4. The Hall–Kier alpha value is -2.74. The molecule has 142 valence electrons. The molecule has 1 aliphatic carbocycles. The Morgan fingerprint density at radius 2 is 1.61 bits per heavy atom. The fourth-order valence-corrected chi connectivity index (χ4v) is 4.13. The summed E-state index contributed by atoms with van der Waals surface area (Å²) in [7, 11) is 0. The first-order chi connectivity index (χ1) is 13.7. The van der Waals surface area contributed by atoms with Crippen molar-refractivity contribution in [3.05, 3.63) is 82.5 Å². The maximum Gasteiger partial charge on any atom is 0.0884 e. The zero-order valence-corrected chi connectivity index (χ0v) is 17.1. The molecule has 0 radical (unpaired) electrons. The Morgan fingerprint density at radius 1 is 0.893 bits per heavy atom. The van der Waals surface area contributed by atoms with E-state index in [0.29, 0.717) is 0 Å². The number of pyridine rings is 1. The van der Waals surface area contributed by atoms with Gasteiger partial charge in [0.1, 0.15) is 0 Å². The number of aliphatic imine (C=N–C) groups is 1. The Labute approximate surface area is 168 Å². The molecule has 2 heteroatoms. The summed E-state index contributed by atoms with van der Waals surface area (Å²) < 4.78 is 0. The second-order valence-corrected chi connectivity index (χ2v) is 7.62. The van der Waals surface area contributed by atoms with E-state index in [1.807, 2.05) is 6.07 Å². The average Bonchev–Trinajstić information content (AvgIpc) is 2.75. The van der Waals surface area contributed by atoms with Crippen LogP contribution >= 0.6 is 0 Å². The lowest BCUT2D eigenvalue weighted by atomic mass is 9.92. The Bertz CT molecular complexity index is 991. The molecule has 0 saturated heterocycles. The number of hydrogen-bond acceptors (Lipinski definition) is 2. The first-order valence-electron chi connectivity index (χ1n) is 10.4. The molecule has 2 nitrogen and oxygen atoms in total. The average molecular weight is 369 g/mol. The molecule has 0 saturated carbocycles. The first-order valence-corrected chi connectivity index (χ1v) is 10.4. The molecule has 0 atom stereocenters. The predicted molar refractivity (Wildman–Crippen MR) is 119 cm³/mol. The van der Waals surface area contributed by atoms with Crippen LogP contribution in [0.3, 0.4) is 0 Å². The maximum absolute atomic E-state index is 5.23. The predicted octanol–water partition coefficient (Wildman–Crippen LogP) is 6.64. The van der Waals surface area contributed by atoms with E-state index in [0.717, 1.165) is 54.8 Å².